The van der Waals surface area contributed by atoms with Crippen LogP contribution in [-0.4, -0.2) is 37.5 Å². The molecule has 136 valence electrons. The number of likely N-dealkylation sites (tertiary alicyclic amines) is 1. The molecule has 1 aromatic rings. The van der Waals surface area contributed by atoms with Crippen molar-refractivity contribution in [3.05, 3.63) is 35.1 Å². The van der Waals surface area contributed by atoms with E-state index in [0.717, 1.165) is 25.8 Å². The van der Waals surface area contributed by atoms with Gasteiger partial charge in [0.25, 0.3) is 5.91 Å². The third-order valence-corrected chi connectivity index (χ3v) is 4.23. The Balaban J connectivity index is 0.00000288. The number of hydrogen-bond donors (Lipinski definition) is 1. The summed E-state index contributed by atoms with van der Waals surface area (Å²) in [5.74, 6) is -1.10. The van der Waals surface area contributed by atoms with Crippen LogP contribution in [0.25, 0.3) is 0 Å². The van der Waals surface area contributed by atoms with E-state index in [-0.39, 0.29) is 12.4 Å². The summed E-state index contributed by atoms with van der Waals surface area (Å²) < 4.78 is 51.9. The normalized spacial score (nSPS) is 16.0. The molecule has 8 heteroatoms. The van der Waals surface area contributed by atoms with Gasteiger partial charge < -0.3 is 10.2 Å². The highest BCUT2D eigenvalue weighted by molar-refractivity contribution is 5.94. The van der Waals surface area contributed by atoms with Crippen molar-refractivity contribution in [2.75, 3.05) is 26.7 Å². The van der Waals surface area contributed by atoms with Crippen molar-refractivity contribution in [3.8, 4) is 0 Å². The van der Waals surface area contributed by atoms with E-state index >= 15 is 0 Å². The van der Waals surface area contributed by atoms with Crippen LogP contribution in [0.1, 0.15) is 35.2 Å². The molecule has 2 rings (SSSR count). The van der Waals surface area contributed by atoms with E-state index in [1.54, 1.807) is 0 Å². The van der Waals surface area contributed by atoms with Gasteiger partial charge in [-0.2, -0.15) is 13.2 Å². The Labute approximate surface area is 144 Å². The number of amides is 1. The Morgan fingerprint density at radius 2 is 1.92 bits per heavy atom. The molecule has 1 aliphatic rings. The van der Waals surface area contributed by atoms with Crippen molar-refractivity contribution in [3.63, 3.8) is 0 Å². The third kappa shape index (κ3) is 5.08. The number of hydrogen-bond acceptors (Lipinski definition) is 2. The molecule has 1 fully saturated rings. The number of carbonyl (C=O) groups excluding carboxylic acids is 1. The summed E-state index contributed by atoms with van der Waals surface area (Å²) in [5, 5.41) is 3.07. The zero-order valence-electron chi connectivity index (χ0n) is 13.3. The van der Waals surface area contributed by atoms with Crippen LogP contribution < -0.4 is 5.32 Å². The van der Waals surface area contributed by atoms with Crippen molar-refractivity contribution in [2.24, 2.45) is 5.92 Å². The molecular formula is C16H21ClF4N2O. The van der Waals surface area contributed by atoms with Gasteiger partial charge in [-0.05, 0) is 57.0 Å². The molecule has 1 aliphatic heterocycles. The maximum Gasteiger partial charge on any atom is 0.416 e. The van der Waals surface area contributed by atoms with Crippen LogP contribution in [0.5, 0.6) is 0 Å². The first-order valence-corrected chi connectivity index (χ1v) is 7.63. The van der Waals surface area contributed by atoms with E-state index in [1.165, 1.54) is 4.90 Å². The van der Waals surface area contributed by atoms with E-state index in [2.05, 4.69) is 5.32 Å². The van der Waals surface area contributed by atoms with Gasteiger partial charge in [0, 0.05) is 13.1 Å². The molecule has 24 heavy (non-hydrogen) atoms. The molecule has 0 spiro atoms. The van der Waals surface area contributed by atoms with E-state index in [1.807, 2.05) is 7.05 Å². The highest BCUT2D eigenvalue weighted by atomic mass is 35.5. The monoisotopic (exact) mass is 368 g/mol. The van der Waals surface area contributed by atoms with Gasteiger partial charge in [0.1, 0.15) is 5.82 Å². The summed E-state index contributed by atoms with van der Waals surface area (Å²) in [6.07, 6.45) is -2.03. The van der Waals surface area contributed by atoms with Gasteiger partial charge in [-0.1, -0.05) is 0 Å². The third-order valence-electron chi connectivity index (χ3n) is 4.23. The van der Waals surface area contributed by atoms with Crippen LogP contribution in [0.3, 0.4) is 0 Å². The minimum atomic E-state index is -4.59. The second-order valence-corrected chi connectivity index (χ2v) is 5.82. The van der Waals surface area contributed by atoms with Crippen LogP contribution in [-0.2, 0) is 6.18 Å². The SMILES string of the molecule is CNCCC1CCN(C(=O)c2cc(C(F)(F)F)ccc2F)CC1.Cl. The Hall–Kier alpha value is -1.34. The minimum absolute atomic E-state index is 0. The number of carbonyl (C=O) groups is 1. The molecule has 1 heterocycles. The highest BCUT2D eigenvalue weighted by Gasteiger charge is 2.33. The smallest absolute Gasteiger partial charge is 0.339 e. The summed E-state index contributed by atoms with van der Waals surface area (Å²) in [7, 11) is 1.87. The molecule has 0 bridgehead atoms. The van der Waals surface area contributed by atoms with Crippen molar-refractivity contribution < 1.29 is 22.4 Å². The van der Waals surface area contributed by atoms with Gasteiger partial charge >= 0.3 is 6.18 Å². The molecule has 0 aromatic heterocycles. The molecule has 0 unspecified atom stereocenters. The van der Waals surface area contributed by atoms with Crippen molar-refractivity contribution in [1.29, 1.82) is 0 Å². The van der Waals surface area contributed by atoms with E-state index < -0.39 is 29.0 Å². The molecule has 1 aromatic carbocycles. The zero-order valence-corrected chi connectivity index (χ0v) is 14.1. The van der Waals surface area contributed by atoms with Gasteiger partial charge in [0.2, 0.25) is 0 Å². The Kier molecular flexibility index (Phi) is 7.48. The molecule has 0 aliphatic carbocycles. The predicted molar refractivity (Wildman–Crippen MR) is 85.8 cm³/mol. The molecule has 0 saturated carbocycles. The first-order chi connectivity index (χ1) is 10.8. The predicted octanol–water partition coefficient (Wildman–Crippen LogP) is 3.73. The largest absolute Gasteiger partial charge is 0.416 e. The first-order valence-electron chi connectivity index (χ1n) is 7.63. The summed E-state index contributed by atoms with van der Waals surface area (Å²) in [6.45, 7) is 1.78. The summed E-state index contributed by atoms with van der Waals surface area (Å²) >= 11 is 0. The molecule has 1 N–H and O–H groups in total. The van der Waals surface area contributed by atoms with Crippen LogP contribution in [0.2, 0.25) is 0 Å². The topological polar surface area (TPSA) is 32.3 Å². The van der Waals surface area contributed by atoms with Gasteiger partial charge in [0.05, 0.1) is 11.1 Å². The quantitative estimate of drug-likeness (QED) is 0.821. The zero-order chi connectivity index (χ0) is 17.0. The standard InChI is InChI=1S/C16H20F4N2O.ClH/c1-21-7-4-11-5-8-22(9-6-11)15(23)13-10-12(16(18,19)20)2-3-14(13)17;/h2-3,10-11,21H,4-9H2,1H3;1H. The molecule has 0 atom stereocenters. The number of rotatable bonds is 4. The number of piperidine rings is 1. The maximum absolute atomic E-state index is 13.8. The molecule has 3 nitrogen and oxygen atoms in total. The fraction of sp³-hybridized carbons (Fsp3) is 0.562. The number of nitrogens with one attached hydrogen (secondary N) is 1. The number of alkyl halides is 3. The fourth-order valence-corrected chi connectivity index (χ4v) is 2.81. The van der Waals surface area contributed by atoms with Crippen LogP contribution >= 0.6 is 12.4 Å². The Morgan fingerprint density at radius 3 is 2.46 bits per heavy atom. The summed E-state index contributed by atoms with van der Waals surface area (Å²) in [6, 6.07) is 1.95. The van der Waals surface area contributed by atoms with Gasteiger partial charge in [-0.15, -0.1) is 12.4 Å². The Morgan fingerprint density at radius 1 is 1.29 bits per heavy atom. The second-order valence-electron chi connectivity index (χ2n) is 5.82. The molecular weight excluding hydrogens is 348 g/mol. The summed E-state index contributed by atoms with van der Waals surface area (Å²) in [4.78, 5) is 13.8. The molecule has 1 amide bonds. The average Bonchev–Trinajstić information content (AvgIpc) is 2.52. The lowest BCUT2D eigenvalue weighted by Gasteiger charge is -2.32. The van der Waals surface area contributed by atoms with E-state index in [4.69, 9.17) is 0 Å². The maximum atomic E-state index is 13.8. The van der Waals surface area contributed by atoms with Crippen molar-refractivity contribution in [1.82, 2.24) is 10.2 Å². The molecule has 1 saturated heterocycles. The lowest BCUT2D eigenvalue weighted by atomic mass is 9.93. The minimum Gasteiger partial charge on any atom is -0.339 e. The van der Waals surface area contributed by atoms with Gasteiger partial charge in [-0.3, -0.25) is 4.79 Å². The number of halogens is 5. The van der Waals surface area contributed by atoms with Gasteiger partial charge in [-0.25, -0.2) is 4.39 Å². The first kappa shape index (κ1) is 20.7. The number of nitrogens with zero attached hydrogens (tertiary/aromatic N) is 1. The van der Waals surface area contributed by atoms with Crippen molar-refractivity contribution >= 4 is 18.3 Å². The van der Waals surface area contributed by atoms with Crippen LogP contribution in [0, 0.1) is 11.7 Å². The highest BCUT2D eigenvalue weighted by Crippen LogP contribution is 2.31. The van der Waals surface area contributed by atoms with Crippen LogP contribution in [0.15, 0.2) is 18.2 Å². The Bertz CT molecular complexity index is 557. The second kappa shape index (κ2) is 8.67. The lowest BCUT2D eigenvalue weighted by molar-refractivity contribution is -0.137. The van der Waals surface area contributed by atoms with Crippen molar-refractivity contribution in [2.45, 2.75) is 25.4 Å². The van der Waals surface area contributed by atoms with E-state index in [0.29, 0.717) is 37.2 Å². The summed E-state index contributed by atoms with van der Waals surface area (Å²) in [5.41, 5.74) is -1.51. The lowest BCUT2D eigenvalue weighted by Crippen LogP contribution is -2.39. The van der Waals surface area contributed by atoms with E-state index in [9.17, 15) is 22.4 Å². The fourth-order valence-electron chi connectivity index (χ4n) is 2.81. The van der Waals surface area contributed by atoms with Gasteiger partial charge in [0.15, 0.2) is 0 Å². The average molecular weight is 369 g/mol. The number of benzene rings is 1. The van der Waals surface area contributed by atoms with Crippen LogP contribution in [0.4, 0.5) is 17.6 Å². The molecule has 0 radical (unpaired) electrons.